The summed E-state index contributed by atoms with van der Waals surface area (Å²) in [7, 11) is 1.65. The molecule has 5 nitrogen and oxygen atoms in total. The topological polar surface area (TPSA) is 57.4 Å². The summed E-state index contributed by atoms with van der Waals surface area (Å²) in [5, 5.41) is 5.15. The molecule has 4 rings (SSSR count). The minimum absolute atomic E-state index is 0.0597. The minimum Gasteiger partial charge on any atom is -0.497 e. The van der Waals surface area contributed by atoms with Crippen LogP contribution in [-0.2, 0) is 13.0 Å². The van der Waals surface area contributed by atoms with Crippen molar-refractivity contribution in [1.29, 1.82) is 0 Å². The van der Waals surface area contributed by atoms with E-state index in [2.05, 4.69) is 39.5 Å². The van der Waals surface area contributed by atoms with E-state index in [4.69, 9.17) is 17.0 Å². The second kappa shape index (κ2) is 10.6. The molecule has 0 bridgehead atoms. The van der Waals surface area contributed by atoms with Crippen LogP contribution in [0.4, 0.5) is 0 Å². The fourth-order valence-corrected chi connectivity index (χ4v) is 4.79. The average molecular weight is 450 g/mol. The van der Waals surface area contributed by atoms with Crippen molar-refractivity contribution in [3.63, 3.8) is 0 Å². The first-order valence-corrected chi connectivity index (χ1v) is 11.8. The second-order valence-corrected chi connectivity index (χ2v) is 8.85. The number of ether oxygens (including phenoxy) is 1. The Balaban J connectivity index is 1.53. The molecule has 168 valence electrons. The normalized spacial score (nSPS) is 14.3. The number of nitrogens with one attached hydrogen (secondary N) is 2. The van der Waals surface area contributed by atoms with Gasteiger partial charge >= 0.3 is 0 Å². The third-order valence-corrected chi connectivity index (χ3v) is 6.66. The summed E-state index contributed by atoms with van der Waals surface area (Å²) in [5.74, 6) is 0.776. The van der Waals surface area contributed by atoms with E-state index in [1.807, 2.05) is 30.3 Å². The van der Waals surface area contributed by atoms with Crippen LogP contribution in [0.3, 0.4) is 0 Å². The summed E-state index contributed by atoms with van der Waals surface area (Å²) in [6.45, 7) is 1.28. The first-order valence-electron chi connectivity index (χ1n) is 11.4. The van der Waals surface area contributed by atoms with Gasteiger partial charge in [0, 0.05) is 29.1 Å². The summed E-state index contributed by atoms with van der Waals surface area (Å²) >= 11 is 5.83. The summed E-state index contributed by atoms with van der Waals surface area (Å²) in [6.07, 6.45) is 6.82. The van der Waals surface area contributed by atoms with Crippen molar-refractivity contribution < 1.29 is 4.74 Å². The average Bonchev–Trinajstić information content (AvgIpc) is 2.83. The Morgan fingerprint density at radius 3 is 2.66 bits per heavy atom. The van der Waals surface area contributed by atoms with E-state index in [1.165, 1.54) is 24.8 Å². The number of methoxy groups -OCH3 is 1. The van der Waals surface area contributed by atoms with Crippen molar-refractivity contribution in [2.75, 3.05) is 13.7 Å². The fraction of sp³-hybridized carbons (Fsp3) is 0.385. The Bertz CT molecular complexity index is 1110. The molecule has 0 atom stereocenters. The zero-order chi connectivity index (χ0) is 22.3. The number of aromatic nitrogens is 1. The van der Waals surface area contributed by atoms with Crippen molar-refractivity contribution in [1.82, 2.24) is 15.2 Å². The second-order valence-electron chi connectivity index (χ2n) is 8.46. The van der Waals surface area contributed by atoms with E-state index in [0.29, 0.717) is 12.6 Å². The first kappa shape index (κ1) is 22.3. The molecule has 0 spiro atoms. The number of rotatable bonds is 7. The van der Waals surface area contributed by atoms with Crippen LogP contribution in [0.1, 0.15) is 43.2 Å². The molecule has 1 saturated carbocycles. The number of thiocarbonyl (C=S) groups is 1. The predicted molar refractivity (Wildman–Crippen MR) is 134 cm³/mol. The van der Waals surface area contributed by atoms with Gasteiger partial charge in [0.15, 0.2) is 5.11 Å². The number of nitrogens with zero attached hydrogens (tertiary/aromatic N) is 1. The molecule has 1 aliphatic rings. The van der Waals surface area contributed by atoms with Crippen LogP contribution in [0.15, 0.2) is 59.4 Å². The van der Waals surface area contributed by atoms with Crippen LogP contribution in [-0.4, -0.2) is 34.7 Å². The zero-order valence-electron chi connectivity index (χ0n) is 18.6. The van der Waals surface area contributed by atoms with Gasteiger partial charge in [-0.25, -0.2) is 0 Å². The van der Waals surface area contributed by atoms with Gasteiger partial charge in [0.05, 0.1) is 13.7 Å². The lowest BCUT2D eigenvalue weighted by Crippen LogP contribution is -2.47. The molecular weight excluding hydrogens is 418 g/mol. The molecular formula is C26H31N3O2S. The van der Waals surface area contributed by atoms with Gasteiger partial charge in [0.1, 0.15) is 5.75 Å². The van der Waals surface area contributed by atoms with Gasteiger partial charge in [-0.1, -0.05) is 49.6 Å². The Morgan fingerprint density at radius 2 is 1.91 bits per heavy atom. The van der Waals surface area contributed by atoms with Crippen molar-refractivity contribution in [3.05, 3.63) is 76.1 Å². The molecule has 0 saturated heterocycles. The molecule has 1 aromatic heterocycles. The smallest absolute Gasteiger partial charge is 0.253 e. The van der Waals surface area contributed by atoms with E-state index in [-0.39, 0.29) is 5.56 Å². The number of fused-ring (bicyclic) bond motifs is 1. The Hall–Kier alpha value is -2.86. The van der Waals surface area contributed by atoms with Crippen molar-refractivity contribution in [3.8, 4) is 5.75 Å². The van der Waals surface area contributed by atoms with Crippen LogP contribution in [0.2, 0.25) is 0 Å². The molecule has 6 heteroatoms. The zero-order valence-corrected chi connectivity index (χ0v) is 19.4. The van der Waals surface area contributed by atoms with E-state index in [9.17, 15) is 4.79 Å². The lowest BCUT2D eigenvalue weighted by Gasteiger charge is -2.36. The van der Waals surface area contributed by atoms with E-state index in [1.54, 1.807) is 7.11 Å². The van der Waals surface area contributed by atoms with Crippen LogP contribution in [0, 0.1) is 0 Å². The van der Waals surface area contributed by atoms with Gasteiger partial charge in [0.2, 0.25) is 0 Å². The molecule has 0 aliphatic heterocycles. The maximum Gasteiger partial charge on any atom is 0.253 e. The number of hydrogen-bond donors (Lipinski definition) is 2. The summed E-state index contributed by atoms with van der Waals surface area (Å²) in [6, 6.07) is 18.4. The van der Waals surface area contributed by atoms with Gasteiger partial charge in [-0.05, 0) is 61.3 Å². The molecule has 1 heterocycles. The van der Waals surface area contributed by atoms with Gasteiger partial charge in [-0.15, -0.1) is 0 Å². The largest absolute Gasteiger partial charge is 0.497 e. The number of pyridine rings is 1. The molecule has 2 aromatic carbocycles. The summed E-state index contributed by atoms with van der Waals surface area (Å²) in [5.41, 5.74) is 2.76. The standard InChI is InChI=1S/C26H31N3O2S/c1-31-23-12-13-24-20(17-23)16-21(25(30)28-24)18-29(22-10-6-3-7-11-22)26(32)27-15-14-19-8-4-2-5-9-19/h2,4-5,8-9,12-13,16-17,22H,3,6-7,10-11,14-15,18H2,1H3,(H,27,32)(H,28,30). The van der Waals surface area contributed by atoms with Crippen LogP contribution in [0.5, 0.6) is 5.75 Å². The Kier molecular flexibility index (Phi) is 7.43. The fourth-order valence-electron chi connectivity index (χ4n) is 4.48. The van der Waals surface area contributed by atoms with E-state index in [0.717, 1.165) is 53.1 Å². The Morgan fingerprint density at radius 1 is 1.12 bits per heavy atom. The lowest BCUT2D eigenvalue weighted by atomic mass is 9.94. The van der Waals surface area contributed by atoms with Crippen molar-refractivity contribution >= 4 is 28.2 Å². The maximum absolute atomic E-state index is 12.9. The first-order chi connectivity index (χ1) is 15.6. The van der Waals surface area contributed by atoms with Gasteiger partial charge < -0.3 is 19.9 Å². The molecule has 0 amide bonds. The highest BCUT2D eigenvalue weighted by Crippen LogP contribution is 2.25. The Labute approximate surface area is 194 Å². The van der Waals surface area contributed by atoms with Crippen LogP contribution < -0.4 is 15.6 Å². The monoisotopic (exact) mass is 449 g/mol. The van der Waals surface area contributed by atoms with Crippen LogP contribution >= 0.6 is 12.2 Å². The number of H-pyrrole nitrogens is 1. The molecule has 2 N–H and O–H groups in total. The lowest BCUT2D eigenvalue weighted by molar-refractivity contribution is 0.234. The molecule has 0 unspecified atom stereocenters. The highest BCUT2D eigenvalue weighted by molar-refractivity contribution is 7.80. The molecule has 1 fully saturated rings. The molecule has 32 heavy (non-hydrogen) atoms. The minimum atomic E-state index is -0.0597. The molecule has 1 aliphatic carbocycles. The van der Waals surface area contributed by atoms with Crippen molar-refractivity contribution in [2.24, 2.45) is 0 Å². The number of benzene rings is 2. The highest BCUT2D eigenvalue weighted by atomic mass is 32.1. The summed E-state index contributed by atoms with van der Waals surface area (Å²) in [4.78, 5) is 18.1. The number of aromatic amines is 1. The van der Waals surface area contributed by atoms with Gasteiger partial charge in [0.25, 0.3) is 5.56 Å². The molecule has 0 radical (unpaired) electrons. The van der Waals surface area contributed by atoms with Crippen LogP contribution in [0.25, 0.3) is 10.9 Å². The highest BCUT2D eigenvalue weighted by Gasteiger charge is 2.24. The SMILES string of the molecule is COc1ccc2[nH]c(=O)c(CN(C(=S)NCCc3ccccc3)C3CCCCC3)cc2c1. The van der Waals surface area contributed by atoms with Gasteiger partial charge in [-0.3, -0.25) is 4.79 Å². The summed E-state index contributed by atoms with van der Waals surface area (Å²) < 4.78 is 5.35. The van der Waals surface area contributed by atoms with E-state index >= 15 is 0 Å². The predicted octanol–water partition coefficient (Wildman–Crippen LogP) is 4.79. The molecule has 3 aromatic rings. The van der Waals surface area contributed by atoms with Gasteiger partial charge in [-0.2, -0.15) is 0 Å². The number of hydrogen-bond acceptors (Lipinski definition) is 3. The third-order valence-electron chi connectivity index (χ3n) is 6.28. The third kappa shape index (κ3) is 5.49. The maximum atomic E-state index is 12.9. The quantitative estimate of drug-likeness (QED) is 0.508. The van der Waals surface area contributed by atoms with Crippen molar-refractivity contribution in [2.45, 2.75) is 51.1 Å². The van der Waals surface area contributed by atoms with E-state index < -0.39 is 0 Å².